The third kappa shape index (κ3) is 1.15. The molecule has 2 rings (SSSR count). The Kier molecular flexibility index (Phi) is 1.89. The third-order valence-corrected chi connectivity index (χ3v) is 2.83. The number of rotatable bonds is 0. The van der Waals surface area contributed by atoms with Crippen LogP contribution in [0.4, 0.5) is 0 Å². The lowest BCUT2D eigenvalue weighted by Gasteiger charge is -1.91. The number of aromatic nitrogens is 1. The van der Waals surface area contributed by atoms with Crippen molar-refractivity contribution in [3.63, 3.8) is 0 Å². The summed E-state index contributed by atoms with van der Waals surface area (Å²) in [5, 5.41) is 1.90. The Balaban J connectivity index is 2.88. The summed E-state index contributed by atoms with van der Waals surface area (Å²) in [6.07, 6.45) is 0. The van der Waals surface area contributed by atoms with Crippen molar-refractivity contribution in [2.24, 2.45) is 0 Å². The van der Waals surface area contributed by atoms with Gasteiger partial charge in [-0.2, -0.15) is 0 Å². The Hall–Kier alpha value is -0.470. The van der Waals surface area contributed by atoms with Gasteiger partial charge in [0.1, 0.15) is 5.15 Å². The highest BCUT2D eigenvalue weighted by Gasteiger charge is 2.04. The van der Waals surface area contributed by atoms with E-state index in [9.17, 15) is 0 Å². The van der Waals surface area contributed by atoms with E-state index in [0.717, 1.165) is 20.7 Å². The fourth-order valence-electron chi connectivity index (χ4n) is 1.27. The summed E-state index contributed by atoms with van der Waals surface area (Å²) in [6, 6.07) is 6.07. The van der Waals surface area contributed by atoms with E-state index in [1.807, 2.05) is 19.1 Å². The van der Waals surface area contributed by atoms with Crippen LogP contribution in [-0.4, -0.2) is 4.98 Å². The molecule has 0 radical (unpaired) electrons. The van der Waals surface area contributed by atoms with E-state index in [1.165, 1.54) is 5.39 Å². The zero-order valence-electron chi connectivity index (χ0n) is 6.49. The standard InChI is InChI=1S/C9H7BrClN/c1-5-7-4-6(10)2-3-8(7)12-9(5)11/h2-4,12H,1H3. The molecule has 1 heterocycles. The van der Waals surface area contributed by atoms with Crippen LogP contribution in [0, 0.1) is 6.92 Å². The van der Waals surface area contributed by atoms with Crippen molar-refractivity contribution < 1.29 is 0 Å². The van der Waals surface area contributed by atoms with E-state index in [-0.39, 0.29) is 0 Å². The number of hydrogen-bond acceptors (Lipinski definition) is 0. The molecule has 12 heavy (non-hydrogen) atoms. The molecule has 0 aliphatic heterocycles. The van der Waals surface area contributed by atoms with Crippen LogP contribution >= 0.6 is 27.5 Å². The van der Waals surface area contributed by atoms with Crippen molar-refractivity contribution in [1.29, 1.82) is 0 Å². The van der Waals surface area contributed by atoms with Gasteiger partial charge in [-0.25, -0.2) is 0 Å². The van der Waals surface area contributed by atoms with Gasteiger partial charge in [-0.3, -0.25) is 0 Å². The number of halogens is 2. The molecule has 2 aromatic rings. The van der Waals surface area contributed by atoms with Gasteiger partial charge in [0.05, 0.1) is 0 Å². The topological polar surface area (TPSA) is 15.8 Å². The first-order valence-corrected chi connectivity index (χ1v) is 4.79. The Morgan fingerprint density at radius 2 is 2.17 bits per heavy atom. The van der Waals surface area contributed by atoms with E-state index in [4.69, 9.17) is 11.6 Å². The van der Waals surface area contributed by atoms with Gasteiger partial charge in [-0.15, -0.1) is 0 Å². The predicted octanol–water partition coefficient (Wildman–Crippen LogP) is 3.89. The summed E-state index contributed by atoms with van der Waals surface area (Å²) in [6.45, 7) is 2.01. The minimum absolute atomic E-state index is 0.725. The highest BCUT2D eigenvalue weighted by molar-refractivity contribution is 9.10. The molecule has 1 N–H and O–H groups in total. The Bertz CT molecular complexity index is 433. The first-order valence-electron chi connectivity index (χ1n) is 3.62. The molecule has 0 saturated carbocycles. The number of aryl methyl sites for hydroxylation is 1. The molecule has 62 valence electrons. The zero-order chi connectivity index (χ0) is 8.72. The molecule has 1 aromatic carbocycles. The molecular formula is C9H7BrClN. The fourth-order valence-corrected chi connectivity index (χ4v) is 1.83. The maximum Gasteiger partial charge on any atom is 0.110 e. The van der Waals surface area contributed by atoms with Gasteiger partial charge in [0, 0.05) is 15.4 Å². The molecule has 0 bridgehead atoms. The van der Waals surface area contributed by atoms with Gasteiger partial charge in [0.2, 0.25) is 0 Å². The molecule has 0 spiro atoms. The second-order valence-corrected chi connectivity index (χ2v) is 4.05. The van der Waals surface area contributed by atoms with E-state index in [1.54, 1.807) is 0 Å². The molecule has 3 heteroatoms. The number of nitrogens with one attached hydrogen (secondary N) is 1. The highest BCUT2D eigenvalue weighted by Crippen LogP contribution is 2.27. The van der Waals surface area contributed by atoms with E-state index < -0.39 is 0 Å². The maximum atomic E-state index is 5.93. The van der Waals surface area contributed by atoms with E-state index >= 15 is 0 Å². The van der Waals surface area contributed by atoms with Crippen LogP contribution in [0.1, 0.15) is 5.56 Å². The molecule has 0 unspecified atom stereocenters. The smallest absolute Gasteiger partial charge is 0.110 e. The second-order valence-electron chi connectivity index (χ2n) is 2.75. The third-order valence-electron chi connectivity index (χ3n) is 1.96. The van der Waals surface area contributed by atoms with Crippen LogP contribution in [0.25, 0.3) is 10.9 Å². The first-order chi connectivity index (χ1) is 5.68. The van der Waals surface area contributed by atoms with Gasteiger partial charge >= 0.3 is 0 Å². The largest absolute Gasteiger partial charge is 0.345 e. The second kappa shape index (κ2) is 2.79. The molecule has 0 amide bonds. The fraction of sp³-hybridized carbons (Fsp3) is 0.111. The quantitative estimate of drug-likeness (QED) is 0.724. The lowest BCUT2D eigenvalue weighted by Crippen LogP contribution is -1.68. The molecule has 1 nitrogen and oxygen atoms in total. The average Bonchev–Trinajstić information content (AvgIpc) is 2.31. The van der Waals surface area contributed by atoms with Crippen LogP contribution < -0.4 is 0 Å². The Morgan fingerprint density at radius 1 is 1.42 bits per heavy atom. The van der Waals surface area contributed by atoms with Crippen molar-refractivity contribution in [3.8, 4) is 0 Å². The van der Waals surface area contributed by atoms with Crippen molar-refractivity contribution in [3.05, 3.63) is 33.4 Å². The molecule has 1 aromatic heterocycles. The molecule has 0 fully saturated rings. The van der Waals surface area contributed by atoms with Crippen LogP contribution in [0.3, 0.4) is 0 Å². The Morgan fingerprint density at radius 3 is 2.92 bits per heavy atom. The molecule has 0 aliphatic carbocycles. The van der Waals surface area contributed by atoms with Crippen LogP contribution in [-0.2, 0) is 0 Å². The Labute approximate surface area is 83.9 Å². The van der Waals surface area contributed by atoms with E-state index in [0.29, 0.717) is 0 Å². The minimum atomic E-state index is 0.725. The molecule has 0 saturated heterocycles. The summed E-state index contributed by atoms with van der Waals surface area (Å²) in [4.78, 5) is 3.10. The number of benzene rings is 1. The van der Waals surface area contributed by atoms with Gasteiger partial charge in [0.15, 0.2) is 0 Å². The SMILES string of the molecule is Cc1c(Cl)[nH]c2ccc(Br)cc12. The normalized spacial score (nSPS) is 10.9. The van der Waals surface area contributed by atoms with Gasteiger partial charge in [-0.05, 0) is 30.7 Å². The van der Waals surface area contributed by atoms with Crippen molar-refractivity contribution >= 4 is 38.4 Å². The van der Waals surface area contributed by atoms with Crippen LogP contribution in [0.2, 0.25) is 5.15 Å². The van der Waals surface area contributed by atoms with Gasteiger partial charge in [0.25, 0.3) is 0 Å². The number of hydrogen-bond donors (Lipinski definition) is 1. The van der Waals surface area contributed by atoms with E-state index in [2.05, 4.69) is 27.0 Å². The predicted molar refractivity (Wildman–Crippen MR) is 55.7 cm³/mol. The van der Waals surface area contributed by atoms with Gasteiger partial charge in [-0.1, -0.05) is 27.5 Å². The lowest BCUT2D eigenvalue weighted by atomic mass is 10.2. The minimum Gasteiger partial charge on any atom is -0.345 e. The summed E-state index contributed by atoms with van der Waals surface area (Å²) in [5.41, 5.74) is 2.19. The molecular weight excluding hydrogens is 237 g/mol. The molecule has 0 aliphatic rings. The first kappa shape index (κ1) is 8.14. The summed E-state index contributed by atoms with van der Waals surface area (Å²) < 4.78 is 1.08. The number of fused-ring (bicyclic) bond motifs is 1. The van der Waals surface area contributed by atoms with Gasteiger partial charge < -0.3 is 4.98 Å². The monoisotopic (exact) mass is 243 g/mol. The number of aromatic amines is 1. The summed E-state index contributed by atoms with van der Waals surface area (Å²) >= 11 is 9.35. The highest BCUT2D eigenvalue weighted by atomic mass is 79.9. The number of H-pyrrole nitrogens is 1. The maximum absolute atomic E-state index is 5.93. The van der Waals surface area contributed by atoms with Crippen LogP contribution in [0.15, 0.2) is 22.7 Å². The zero-order valence-corrected chi connectivity index (χ0v) is 8.83. The van der Waals surface area contributed by atoms with Crippen molar-refractivity contribution in [1.82, 2.24) is 4.98 Å². The van der Waals surface area contributed by atoms with Crippen LogP contribution in [0.5, 0.6) is 0 Å². The van der Waals surface area contributed by atoms with Crippen molar-refractivity contribution in [2.75, 3.05) is 0 Å². The van der Waals surface area contributed by atoms with Crippen molar-refractivity contribution in [2.45, 2.75) is 6.92 Å². The lowest BCUT2D eigenvalue weighted by molar-refractivity contribution is 1.42. The summed E-state index contributed by atoms with van der Waals surface area (Å²) in [5.74, 6) is 0. The average molecular weight is 245 g/mol. The molecule has 0 atom stereocenters. The summed E-state index contributed by atoms with van der Waals surface area (Å²) in [7, 11) is 0.